The molecule has 2 unspecified atom stereocenters. The van der Waals surface area contributed by atoms with E-state index < -0.39 is 0 Å². The minimum absolute atomic E-state index is 0.130. The highest BCUT2D eigenvalue weighted by Gasteiger charge is 2.27. The molecule has 0 amide bonds. The molecule has 0 aromatic heterocycles. The second-order valence-electron chi connectivity index (χ2n) is 6.97. The van der Waals surface area contributed by atoms with Crippen molar-refractivity contribution in [3.8, 4) is 23.0 Å². The van der Waals surface area contributed by atoms with Crippen molar-refractivity contribution in [1.82, 2.24) is 0 Å². The minimum atomic E-state index is -0.290. The van der Waals surface area contributed by atoms with Gasteiger partial charge in [-0.3, -0.25) is 4.79 Å². The van der Waals surface area contributed by atoms with Gasteiger partial charge in [0.25, 0.3) is 0 Å². The molecule has 2 aromatic rings. The summed E-state index contributed by atoms with van der Waals surface area (Å²) in [5, 5.41) is 0. The van der Waals surface area contributed by atoms with Crippen molar-refractivity contribution in [3.05, 3.63) is 46.5 Å². The molecular weight excluding hydrogens is 356 g/mol. The Balaban J connectivity index is 2.41. The molecule has 0 saturated carbocycles. The van der Waals surface area contributed by atoms with E-state index in [0.29, 0.717) is 23.0 Å². The number of hydrogen-bond acceptors (Lipinski definition) is 5. The van der Waals surface area contributed by atoms with E-state index in [0.717, 1.165) is 22.3 Å². The number of hydrogen-bond donors (Lipinski definition) is 0. The van der Waals surface area contributed by atoms with E-state index in [4.69, 9.17) is 18.9 Å². The van der Waals surface area contributed by atoms with Crippen molar-refractivity contribution in [2.24, 2.45) is 0 Å². The van der Waals surface area contributed by atoms with Crippen LogP contribution in [0, 0.1) is 13.8 Å². The van der Waals surface area contributed by atoms with Gasteiger partial charge in [-0.2, -0.15) is 0 Å². The predicted octanol–water partition coefficient (Wildman–Crippen LogP) is 4.81. The Kier molecular flexibility index (Phi) is 6.95. The molecule has 0 heterocycles. The molecule has 0 aliphatic carbocycles. The highest BCUT2D eigenvalue weighted by atomic mass is 16.5. The van der Waals surface area contributed by atoms with Gasteiger partial charge in [0.1, 0.15) is 5.78 Å². The van der Waals surface area contributed by atoms with E-state index in [-0.39, 0.29) is 17.6 Å². The van der Waals surface area contributed by atoms with Crippen LogP contribution in [-0.2, 0) is 4.79 Å². The molecule has 5 nitrogen and oxygen atoms in total. The first kappa shape index (κ1) is 21.6. The van der Waals surface area contributed by atoms with Crippen LogP contribution < -0.4 is 18.9 Å². The fourth-order valence-electron chi connectivity index (χ4n) is 3.61. The van der Waals surface area contributed by atoms with Gasteiger partial charge in [0.05, 0.1) is 28.4 Å². The average Bonchev–Trinajstić information content (AvgIpc) is 2.71. The molecule has 2 aromatic carbocycles. The summed E-state index contributed by atoms with van der Waals surface area (Å²) in [6.07, 6.45) is 0. The number of methoxy groups -OCH3 is 4. The van der Waals surface area contributed by atoms with Crippen LogP contribution in [0.2, 0.25) is 0 Å². The number of rotatable bonds is 8. The standard InChI is InChI=1S/C23H30O5/c1-13-9-19(25-5)21(27-7)11-17(13)15(3)23(24)16(4)18-12-22(28-8)20(26-6)10-14(18)2/h9-12,15-16H,1-8H3. The van der Waals surface area contributed by atoms with Crippen molar-refractivity contribution < 1.29 is 23.7 Å². The number of Topliss-reactive ketones (excluding diaryl/α,β-unsaturated/α-hetero) is 1. The number of ketones is 1. The molecule has 0 N–H and O–H groups in total. The van der Waals surface area contributed by atoms with E-state index in [1.54, 1.807) is 28.4 Å². The van der Waals surface area contributed by atoms with Crippen LogP contribution in [0.4, 0.5) is 0 Å². The summed E-state index contributed by atoms with van der Waals surface area (Å²) in [6, 6.07) is 7.60. The number of aryl methyl sites for hydroxylation is 2. The molecular formula is C23H30O5. The van der Waals surface area contributed by atoms with Gasteiger partial charge in [0.2, 0.25) is 0 Å². The number of carbonyl (C=O) groups excluding carboxylic acids is 1. The SMILES string of the molecule is COc1cc(C)c(C(C)C(=O)C(C)c2cc(OC)c(OC)cc2C)cc1OC. The van der Waals surface area contributed by atoms with Crippen LogP contribution >= 0.6 is 0 Å². The first-order chi connectivity index (χ1) is 13.3. The summed E-state index contributed by atoms with van der Waals surface area (Å²) >= 11 is 0. The third-order valence-corrected chi connectivity index (χ3v) is 5.33. The monoisotopic (exact) mass is 386 g/mol. The van der Waals surface area contributed by atoms with Gasteiger partial charge in [-0.05, 0) is 60.4 Å². The average molecular weight is 386 g/mol. The fourth-order valence-corrected chi connectivity index (χ4v) is 3.61. The van der Waals surface area contributed by atoms with Crippen molar-refractivity contribution in [1.29, 1.82) is 0 Å². The van der Waals surface area contributed by atoms with E-state index in [1.807, 2.05) is 52.0 Å². The maximum atomic E-state index is 13.3. The van der Waals surface area contributed by atoms with Gasteiger partial charge in [-0.1, -0.05) is 13.8 Å². The van der Waals surface area contributed by atoms with E-state index in [1.165, 1.54) is 0 Å². The Hall–Kier alpha value is -2.69. The summed E-state index contributed by atoms with van der Waals surface area (Å²) in [4.78, 5) is 13.3. The van der Waals surface area contributed by atoms with Gasteiger partial charge in [0, 0.05) is 11.8 Å². The zero-order chi connectivity index (χ0) is 21.0. The lowest BCUT2D eigenvalue weighted by atomic mass is 9.82. The number of benzene rings is 2. The van der Waals surface area contributed by atoms with E-state index >= 15 is 0 Å². The highest BCUT2D eigenvalue weighted by molar-refractivity contribution is 5.92. The molecule has 0 aliphatic rings. The Labute approximate surface area is 167 Å². The lowest BCUT2D eigenvalue weighted by molar-refractivity contribution is -0.121. The summed E-state index contributed by atoms with van der Waals surface area (Å²) in [6.45, 7) is 7.83. The Morgan fingerprint density at radius 2 is 0.929 bits per heavy atom. The van der Waals surface area contributed by atoms with Crippen LogP contribution in [0.1, 0.15) is 47.9 Å². The van der Waals surface area contributed by atoms with Crippen LogP contribution in [0.3, 0.4) is 0 Å². The molecule has 0 spiro atoms. The third kappa shape index (κ3) is 4.08. The van der Waals surface area contributed by atoms with Gasteiger partial charge >= 0.3 is 0 Å². The highest BCUT2D eigenvalue weighted by Crippen LogP contribution is 2.38. The van der Waals surface area contributed by atoms with Crippen molar-refractivity contribution >= 4 is 5.78 Å². The maximum Gasteiger partial charge on any atom is 0.161 e. The molecule has 0 radical (unpaired) electrons. The molecule has 0 fully saturated rings. The fraction of sp³-hybridized carbons (Fsp3) is 0.435. The first-order valence-electron chi connectivity index (χ1n) is 9.27. The second-order valence-corrected chi connectivity index (χ2v) is 6.97. The van der Waals surface area contributed by atoms with Crippen LogP contribution in [0.5, 0.6) is 23.0 Å². The van der Waals surface area contributed by atoms with Crippen LogP contribution in [0.25, 0.3) is 0 Å². The van der Waals surface area contributed by atoms with Crippen LogP contribution in [-0.4, -0.2) is 34.2 Å². The molecule has 152 valence electrons. The molecule has 28 heavy (non-hydrogen) atoms. The molecule has 2 atom stereocenters. The Morgan fingerprint density at radius 3 is 1.21 bits per heavy atom. The normalized spacial score (nSPS) is 12.9. The lowest BCUT2D eigenvalue weighted by Crippen LogP contribution is -2.18. The quantitative estimate of drug-likeness (QED) is 0.651. The van der Waals surface area contributed by atoms with Gasteiger partial charge < -0.3 is 18.9 Å². The Morgan fingerprint density at radius 1 is 0.643 bits per heavy atom. The zero-order valence-corrected chi connectivity index (χ0v) is 18.0. The molecule has 0 aliphatic heterocycles. The van der Waals surface area contributed by atoms with Gasteiger partial charge in [-0.25, -0.2) is 0 Å². The summed E-state index contributed by atoms with van der Waals surface area (Å²) in [7, 11) is 6.40. The molecule has 0 bridgehead atoms. The predicted molar refractivity (Wildman–Crippen MR) is 110 cm³/mol. The summed E-state index contributed by atoms with van der Waals surface area (Å²) in [5.41, 5.74) is 3.87. The molecule has 2 rings (SSSR count). The molecule has 5 heteroatoms. The van der Waals surface area contributed by atoms with Crippen molar-refractivity contribution in [2.45, 2.75) is 39.5 Å². The lowest BCUT2D eigenvalue weighted by Gasteiger charge is -2.22. The Bertz CT molecular complexity index is 787. The number of ether oxygens (including phenoxy) is 4. The maximum absolute atomic E-state index is 13.3. The first-order valence-corrected chi connectivity index (χ1v) is 9.27. The second kappa shape index (κ2) is 9.00. The van der Waals surface area contributed by atoms with Crippen molar-refractivity contribution in [2.75, 3.05) is 28.4 Å². The van der Waals surface area contributed by atoms with Gasteiger partial charge in [0.15, 0.2) is 23.0 Å². The molecule has 0 saturated heterocycles. The van der Waals surface area contributed by atoms with E-state index in [9.17, 15) is 4.79 Å². The zero-order valence-electron chi connectivity index (χ0n) is 18.0. The summed E-state index contributed by atoms with van der Waals surface area (Å²) in [5.74, 6) is 2.12. The largest absolute Gasteiger partial charge is 0.493 e. The van der Waals surface area contributed by atoms with E-state index in [2.05, 4.69) is 0 Å². The van der Waals surface area contributed by atoms with Crippen LogP contribution in [0.15, 0.2) is 24.3 Å². The minimum Gasteiger partial charge on any atom is -0.493 e. The smallest absolute Gasteiger partial charge is 0.161 e. The number of carbonyl (C=O) groups is 1. The third-order valence-electron chi connectivity index (χ3n) is 5.33. The van der Waals surface area contributed by atoms with Gasteiger partial charge in [-0.15, -0.1) is 0 Å². The van der Waals surface area contributed by atoms with Crippen molar-refractivity contribution in [3.63, 3.8) is 0 Å². The topological polar surface area (TPSA) is 54.0 Å². The summed E-state index contributed by atoms with van der Waals surface area (Å²) < 4.78 is 21.5.